The molecule has 0 radical (unpaired) electrons. The molecule has 0 aromatic heterocycles. The summed E-state index contributed by atoms with van der Waals surface area (Å²) in [6, 6.07) is 0. The molecule has 0 bridgehead atoms. The standard InChI is InChI=1S/C16H23BClIO4S/c1-9-12(8-24(18,20)21)10(2)14(19)11(3)13(9)17-22-15(4,5)16(6,7)23-17/h8H2,1-7H3. The fraction of sp³-hybridized carbons (Fsp3) is 0.625. The lowest BCUT2D eigenvalue weighted by atomic mass is 9.71. The molecule has 0 spiro atoms. The molecule has 1 aliphatic rings. The summed E-state index contributed by atoms with van der Waals surface area (Å²) in [7, 11) is 1.34. The fourth-order valence-corrected chi connectivity index (χ4v) is 4.68. The Kier molecular flexibility index (Phi) is 5.47. The van der Waals surface area contributed by atoms with E-state index in [4.69, 9.17) is 20.0 Å². The minimum absolute atomic E-state index is 0.199. The van der Waals surface area contributed by atoms with Gasteiger partial charge in [0.05, 0.1) is 17.0 Å². The first-order valence-corrected chi connectivity index (χ1v) is 11.3. The third-order valence-electron chi connectivity index (χ3n) is 5.18. The minimum Gasteiger partial charge on any atom is -0.399 e. The lowest BCUT2D eigenvalue weighted by Crippen LogP contribution is -2.41. The Morgan fingerprint density at radius 3 is 1.88 bits per heavy atom. The van der Waals surface area contributed by atoms with Crippen molar-refractivity contribution in [2.75, 3.05) is 0 Å². The van der Waals surface area contributed by atoms with Crippen molar-refractivity contribution in [3.63, 3.8) is 0 Å². The van der Waals surface area contributed by atoms with Crippen LogP contribution in [0, 0.1) is 24.3 Å². The second-order valence-corrected chi connectivity index (χ2v) is 11.2. The molecule has 1 aliphatic heterocycles. The molecule has 1 fully saturated rings. The van der Waals surface area contributed by atoms with Gasteiger partial charge in [0.15, 0.2) is 0 Å². The van der Waals surface area contributed by atoms with Crippen molar-refractivity contribution in [1.29, 1.82) is 0 Å². The highest BCUT2D eigenvalue weighted by molar-refractivity contribution is 14.1. The summed E-state index contributed by atoms with van der Waals surface area (Å²) in [6.45, 7) is 13.9. The maximum Gasteiger partial charge on any atom is 0.495 e. The third-order valence-corrected chi connectivity index (χ3v) is 7.76. The SMILES string of the molecule is Cc1c(I)c(C)c(B2OC(C)(C)C(C)(C)O2)c(C)c1CS(=O)(=O)Cl. The quantitative estimate of drug-likeness (QED) is 0.374. The lowest BCUT2D eigenvalue weighted by molar-refractivity contribution is 0.00578. The largest absolute Gasteiger partial charge is 0.495 e. The Hall–Kier alpha value is 0.175. The first-order chi connectivity index (χ1) is 10.7. The second kappa shape index (κ2) is 6.41. The van der Waals surface area contributed by atoms with Crippen LogP contribution in [-0.2, 0) is 24.1 Å². The number of rotatable bonds is 3. The summed E-state index contributed by atoms with van der Waals surface area (Å²) in [5, 5.41) is 0. The van der Waals surface area contributed by atoms with Crippen molar-refractivity contribution in [2.24, 2.45) is 0 Å². The molecule has 2 rings (SSSR count). The first-order valence-electron chi connectivity index (χ1n) is 7.74. The molecule has 0 N–H and O–H groups in total. The van der Waals surface area contributed by atoms with Crippen LogP contribution in [0.5, 0.6) is 0 Å². The minimum atomic E-state index is -3.65. The van der Waals surface area contributed by atoms with Crippen LogP contribution >= 0.6 is 33.3 Å². The van der Waals surface area contributed by atoms with Crippen molar-refractivity contribution in [2.45, 2.75) is 65.4 Å². The van der Waals surface area contributed by atoms with Crippen molar-refractivity contribution in [3.05, 3.63) is 25.8 Å². The smallest absolute Gasteiger partial charge is 0.399 e. The third kappa shape index (κ3) is 3.65. The fourth-order valence-electron chi connectivity index (χ4n) is 2.96. The van der Waals surface area contributed by atoms with Crippen LogP contribution in [0.1, 0.15) is 49.9 Å². The van der Waals surface area contributed by atoms with E-state index in [0.717, 1.165) is 31.3 Å². The van der Waals surface area contributed by atoms with E-state index in [1.165, 1.54) is 0 Å². The molecule has 0 unspecified atom stereocenters. The molecule has 0 atom stereocenters. The van der Waals surface area contributed by atoms with E-state index in [9.17, 15) is 8.42 Å². The average molecular weight is 485 g/mol. The topological polar surface area (TPSA) is 52.6 Å². The highest BCUT2D eigenvalue weighted by atomic mass is 127. The van der Waals surface area contributed by atoms with Gasteiger partial charge in [-0.3, -0.25) is 0 Å². The van der Waals surface area contributed by atoms with E-state index in [1.807, 2.05) is 48.5 Å². The molecule has 0 aliphatic carbocycles. The van der Waals surface area contributed by atoms with Gasteiger partial charge in [-0.15, -0.1) is 0 Å². The summed E-state index contributed by atoms with van der Waals surface area (Å²) in [5.74, 6) is -0.199. The van der Waals surface area contributed by atoms with Gasteiger partial charge in [-0.1, -0.05) is 0 Å². The second-order valence-electron chi connectivity index (χ2n) is 7.35. The van der Waals surface area contributed by atoms with Gasteiger partial charge in [-0.05, 0) is 98.8 Å². The molecule has 1 heterocycles. The molecule has 0 amide bonds. The van der Waals surface area contributed by atoms with Gasteiger partial charge in [0, 0.05) is 14.3 Å². The molecule has 0 saturated carbocycles. The summed E-state index contributed by atoms with van der Waals surface area (Å²) in [6.07, 6.45) is 0. The molecule has 8 heteroatoms. The van der Waals surface area contributed by atoms with Gasteiger partial charge in [-0.2, -0.15) is 0 Å². The Morgan fingerprint density at radius 2 is 1.46 bits per heavy atom. The van der Waals surface area contributed by atoms with Gasteiger partial charge in [-0.25, -0.2) is 8.42 Å². The van der Waals surface area contributed by atoms with Gasteiger partial charge in [0.2, 0.25) is 9.05 Å². The average Bonchev–Trinajstić information content (AvgIpc) is 2.60. The normalized spacial score (nSPS) is 19.8. The maximum absolute atomic E-state index is 11.6. The monoisotopic (exact) mass is 484 g/mol. The molecule has 1 aromatic carbocycles. The maximum atomic E-state index is 11.6. The zero-order chi connectivity index (χ0) is 18.7. The Morgan fingerprint density at radius 1 is 1.00 bits per heavy atom. The molecular formula is C16H23BClIO4S. The van der Waals surface area contributed by atoms with Crippen LogP contribution in [0.25, 0.3) is 0 Å². The van der Waals surface area contributed by atoms with Gasteiger partial charge < -0.3 is 9.31 Å². The number of hydrogen-bond acceptors (Lipinski definition) is 4. The van der Waals surface area contributed by atoms with Crippen LogP contribution in [-0.4, -0.2) is 26.7 Å². The van der Waals surface area contributed by atoms with Crippen molar-refractivity contribution < 1.29 is 17.7 Å². The van der Waals surface area contributed by atoms with E-state index in [1.54, 1.807) is 0 Å². The lowest BCUT2D eigenvalue weighted by Gasteiger charge is -2.32. The van der Waals surface area contributed by atoms with E-state index in [-0.39, 0.29) is 5.75 Å². The number of hydrogen-bond donors (Lipinski definition) is 0. The molecule has 134 valence electrons. The summed E-state index contributed by atoms with van der Waals surface area (Å²) in [4.78, 5) is 0. The van der Waals surface area contributed by atoms with E-state index < -0.39 is 27.4 Å². The summed E-state index contributed by atoms with van der Waals surface area (Å²) >= 11 is 2.24. The summed E-state index contributed by atoms with van der Waals surface area (Å²) in [5.41, 5.74) is 3.59. The predicted molar refractivity (Wildman–Crippen MR) is 108 cm³/mol. The van der Waals surface area contributed by atoms with Gasteiger partial charge >= 0.3 is 7.12 Å². The van der Waals surface area contributed by atoms with Crippen LogP contribution in [0.15, 0.2) is 0 Å². The van der Waals surface area contributed by atoms with Gasteiger partial charge in [0.25, 0.3) is 0 Å². The van der Waals surface area contributed by atoms with Gasteiger partial charge in [0.1, 0.15) is 0 Å². The zero-order valence-electron chi connectivity index (χ0n) is 15.1. The van der Waals surface area contributed by atoms with Crippen molar-refractivity contribution in [3.8, 4) is 0 Å². The first kappa shape index (κ1) is 20.5. The molecule has 24 heavy (non-hydrogen) atoms. The van der Waals surface area contributed by atoms with Crippen LogP contribution in [0.2, 0.25) is 0 Å². The number of benzene rings is 1. The highest BCUT2D eigenvalue weighted by Gasteiger charge is 2.52. The molecular weight excluding hydrogens is 461 g/mol. The van der Waals surface area contributed by atoms with Crippen LogP contribution in [0.3, 0.4) is 0 Å². The Balaban J connectivity index is 2.64. The Labute approximate surface area is 163 Å². The summed E-state index contributed by atoms with van der Waals surface area (Å²) < 4.78 is 36.7. The molecule has 4 nitrogen and oxygen atoms in total. The molecule has 1 saturated heterocycles. The Bertz CT molecular complexity index is 774. The highest BCUT2D eigenvalue weighted by Crippen LogP contribution is 2.38. The molecule has 1 aromatic rings. The van der Waals surface area contributed by atoms with Crippen molar-refractivity contribution >= 4 is 54.9 Å². The van der Waals surface area contributed by atoms with Crippen LogP contribution < -0.4 is 5.46 Å². The predicted octanol–water partition coefficient (Wildman–Crippen LogP) is 3.58. The van der Waals surface area contributed by atoms with E-state index in [2.05, 4.69) is 22.6 Å². The van der Waals surface area contributed by atoms with Crippen LogP contribution in [0.4, 0.5) is 0 Å². The van der Waals surface area contributed by atoms with Crippen molar-refractivity contribution in [1.82, 2.24) is 0 Å². The van der Waals surface area contributed by atoms with E-state index >= 15 is 0 Å². The zero-order valence-corrected chi connectivity index (χ0v) is 18.8. The number of halogens is 2. The van der Waals surface area contributed by atoms with E-state index in [0.29, 0.717) is 0 Å².